The molecule has 18 heavy (non-hydrogen) atoms. The summed E-state index contributed by atoms with van der Waals surface area (Å²) in [5.41, 5.74) is 3.82. The van der Waals surface area contributed by atoms with Crippen LogP contribution in [0.5, 0.6) is 0 Å². The molecule has 0 aliphatic rings. The first-order chi connectivity index (χ1) is 8.40. The summed E-state index contributed by atoms with van der Waals surface area (Å²) in [5.74, 6) is -0.116. The SMILES string of the molecule is CC(C)Sc1ccc(C(C)C(=O)NN(C)C)cc1. The molecule has 0 aliphatic heterocycles. The van der Waals surface area contributed by atoms with Gasteiger partial charge in [0.05, 0.1) is 5.92 Å². The molecular weight excluding hydrogens is 244 g/mol. The van der Waals surface area contributed by atoms with E-state index in [-0.39, 0.29) is 11.8 Å². The van der Waals surface area contributed by atoms with E-state index in [1.54, 1.807) is 5.01 Å². The van der Waals surface area contributed by atoms with Crippen molar-refractivity contribution in [2.75, 3.05) is 14.1 Å². The lowest BCUT2D eigenvalue weighted by Gasteiger charge is -2.17. The smallest absolute Gasteiger partial charge is 0.241 e. The van der Waals surface area contributed by atoms with Crippen LogP contribution in [-0.2, 0) is 4.79 Å². The van der Waals surface area contributed by atoms with Crippen molar-refractivity contribution in [1.29, 1.82) is 0 Å². The van der Waals surface area contributed by atoms with Gasteiger partial charge in [-0.15, -0.1) is 11.8 Å². The number of nitrogens with one attached hydrogen (secondary N) is 1. The number of carbonyl (C=O) groups excluding carboxylic acids is 1. The van der Waals surface area contributed by atoms with Gasteiger partial charge in [0.2, 0.25) is 5.91 Å². The molecule has 1 atom stereocenters. The summed E-state index contributed by atoms with van der Waals surface area (Å²) in [5, 5.41) is 2.24. The summed E-state index contributed by atoms with van der Waals surface area (Å²) in [7, 11) is 3.62. The summed E-state index contributed by atoms with van der Waals surface area (Å²) in [6.07, 6.45) is 0. The van der Waals surface area contributed by atoms with Gasteiger partial charge in [0.25, 0.3) is 0 Å². The molecule has 0 saturated carbocycles. The fourth-order valence-corrected chi connectivity index (χ4v) is 2.41. The van der Waals surface area contributed by atoms with Gasteiger partial charge in [0.1, 0.15) is 0 Å². The van der Waals surface area contributed by atoms with Gasteiger partial charge in [0.15, 0.2) is 0 Å². The maximum atomic E-state index is 11.9. The molecule has 1 unspecified atom stereocenters. The van der Waals surface area contributed by atoms with E-state index in [9.17, 15) is 4.79 Å². The first-order valence-electron chi connectivity index (χ1n) is 6.14. The molecule has 0 bridgehead atoms. The number of thioether (sulfide) groups is 1. The second-order valence-electron chi connectivity index (χ2n) is 4.83. The summed E-state index contributed by atoms with van der Waals surface area (Å²) in [6, 6.07) is 8.23. The van der Waals surface area contributed by atoms with Gasteiger partial charge in [-0.25, -0.2) is 5.01 Å². The third kappa shape index (κ3) is 4.70. The molecule has 100 valence electrons. The fraction of sp³-hybridized carbons (Fsp3) is 0.500. The van der Waals surface area contributed by atoms with E-state index in [1.807, 2.05) is 44.9 Å². The van der Waals surface area contributed by atoms with Crippen molar-refractivity contribution in [2.24, 2.45) is 0 Å². The second-order valence-corrected chi connectivity index (χ2v) is 6.48. The van der Waals surface area contributed by atoms with E-state index in [1.165, 1.54) is 4.90 Å². The van der Waals surface area contributed by atoms with Crippen molar-refractivity contribution in [2.45, 2.75) is 36.8 Å². The highest BCUT2D eigenvalue weighted by atomic mass is 32.2. The molecule has 1 N–H and O–H groups in total. The van der Waals surface area contributed by atoms with Crippen LogP contribution in [0, 0.1) is 0 Å². The molecule has 1 rings (SSSR count). The molecule has 0 radical (unpaired) electrons. The first-order valence-corrected chi connectivity index (χ1v) is 7.02. The molecule has 0 spiro atoms. The van der Waals surface area contributed by atoms with Gasteiger partial charge in [-0.05, 0) is 24.6 Å². The molecule has 0 aliphatic carbocycles. The number of nitrogens with zero attached hydrogens (tertiary/aromatic N) is 1. The monoisotopic (exact) mass is 266 g/mol. The predicted octanol–water partition coefficient (Wildman–Crippen LogP) is 2.88. The van der Waals surface area contributed by atoms with E-state index in [0.29, 0.717) is 5.25 Å². The maximum Gasteiger partial charge on any atom is 0.241 e. The number of benzene rings is 1. The van der Waals surface area contributed by atoms with Crippen LogP contribution < -0.4 is 5.43 Å². The van der Waals surface area contributed by atoms with Gasteiger partial charge in [-0.3, -0.25) is 10.2 Å². The molecule has 1 aromatic rings. The topological polar surface area (TPSA) is 32.3 Å². The Bertz CT molecular complexity index is 387. The Morgan fingerprint density at radius 1 is 1.17 bits per heavy atom. The molecule has 3 nitrogen and oxygen atoms in total. The van der Waals surface area contributed by atoms with Crippen molar-refractivity contribution in [1.82, 2.24) is 10.4 Å². The lowest BCUT2D eigenvalue weighted by Crippen LogP contribution is -2.38. The van der Waals surface area contributed by atoms with Crippen LogP contribution in [0.2, 0.25) is 0 Å². The highest BCUT2D eigenvalue weighted by Gasteiger charge is 2.15. The largest absolute Gasteiger partial charge is 0.289 e. The molecule has 1 amide bonds. The summed E-state index contributed by atoms with van der Waals surface area (Å²) in [6.45, 7) is 6.26. The summed E-state index contributed by atoms with van der Waals surface area (Å²) >= 11 is 1.83. The number of hydrazine groups is 1. The molecule has 0 heterocycles. The second kappa shape index (κ2) is 6.81. The van der Waals surface area contributed by atoms with Crippen molar-refractivity contribution < 1.29 is 4.79 Å². The summed E-state index contributed by atoms with van der Waals surface area (Å²) < 4.78 is 0. The van der Waals surface area contributed by atoms with Gasteiger partial charge >= 0.3 is 0 Å². The number of amides is 1. The minimum atomic E-state index is -0.134. The van der Waals surface area contributed by atoms with Gasteiger partial charge in [0, 0.05) is 24.2 Å². The average molecular weight is 266 g/mol. The fourth-order valence-electron chi connectivity index (χ4n) is 1.58. The lowest BCUT2D eigenvalue weighted by molar-refractivity contribution is -0.125. The van der Waals surface area contributed by atoms with Gasteiger partial charge < -0.3 is 0 Å². The molecule has 1 aromatic carbocycles. The normalized spacial score (nSPS) is 12.8. The van der Waals surface area contributed by atoms with Crippen LogP contribution in [0.3, 0.4) is 0 Å². The zero-order valence-corrected chi connectivity index (χ0v) is 12.5. The molecular formula is C14H22N2OS. The number of hydrogen-bond acceptors (Lipinski definition) is 3. The van der Waals surface area contributed by atoms with E-state index in [4.69, 9.17) is 0 Å². The van der Waals surface area contributed by atoms with Crippen molar-refractivity contribution in [3.05, 3.63) is 29.8 Å². The quantitative estimate of drug-likeness (QED) is 0.657. The Hall–Kier alpha value is -1.00. The van der Waals surface area contributed by atoms with Crippen LogP contribution in [0.15, 0.2) is 29.2 Å². The zero-order chi connectivity index (χ0) is 13.7. The van der Waals surface area contributed by atoms with Gasteiger partial charge in [-0.1, -0.05) is 26.0 Å². The van der Waals surface area contributed by atoms with E-state index in [2.05, 4.69) is 31.4 Å². The van der Waals surface area contributed by atoms with Gasteiger partial charge in [-0.2, -0.15) is 0 Å². The standard InChI is InChI=1S/C14H22N2OS/c1-10(2)18-13-8-6-12(7-9-13)11(3)14(17)15-16(4)5/h6-11H,1-5H3,(H,15,17). The zero-order valence-electron chi connectivity index (χ0n) is 11.7. The third-order valence-corrected chi connectivity index (χ3v) is 3.49. The Morgan fingerprint density at radius 3 is 2.17 bits per heavy atom. The third-order valence-electron chi connectivity index (χ3n) is 2.48. The van der Waals surface area contributed by atoms with Crippen molar-refractivity contribution >= 4 is 17.7 Å². The molecule has 4 heteroatoms. The Labute approximate surface area is 114 Å². The average Bonchev–Trinajstić information content (AvgIpc) is 2.27. The van der Waals surface area contributed by atoms with Crippen LogP contribution in [0.4, 0.5) is 0 Å². The maximum absolute atomic E-state index is 11.9. The predicted molar refractivity (Wildman–Crippen MR) is 77.7 cm³/mol. The Balaban J connectivity index is 2.69. The van der Waals surface area contributed by atoms with Crippen molar-refractivity contribution in [3.63, 3.8) is 0 Å². The highest BCUT2D eigenvalue weighted by molar-refractivity contribution is 7.99. The lowest BCUT2D eigenvalue weighted by atomic mass is 10.0. The van der Waals surface area contributed by atoms with Crippen molar-refractivity contribution in [3.8, 4) is 0 Å². The molecule has 0 aromatic heterocycles. The highest BCUT2D eigenvalue weighted by Crippen LogP contribution is 2.25. The van der Waals surface area contributed by atoms with Crippen LogP contribution in [0.1, 0.15) is 32.3 Å². The van der Waals surface area contributed by atoms with E-state index in [0.717, 1.165) is 5.56 Å². The summed E-state index contributed by atoms with van der Waals surface area (Å²) in [4.78, 5) is 13.1. The number of rotatable bonds is 5. The van der Waals surface area contributed by atoms with Crippen LogP contribution in [0.25, 0.3) is 0 Å². The Morgan fingerprint density at radius 2 is 1.72 bits per heavy atom. The number of carbonyl (C=O) groups is 1. The molecule has 0 fully saturated rings. The first kappa shape index (κ1) is 15.1. The molecule has 0 saturated heterocycles. The van der Waals surface area contributed by atoms with Crippen LogP contribution >= 0.6 is 11.8 Å². The van der Waals surface area contributed by atoms with Crippen LogP contribution in [-0.4, -0.2) is 30.3 Å². The minimum Gasteiger partial charge on any atom is -0.289 e. The number of hydrogen-bond donors (Lipinski definition) is 1. The Kier molecular flexibility index (Phi) is 5.69. The minimum absolute atomic E-state index is 0.0178. The van der Waals surface area contributed by atoms with E-state index >= 15 is 0 Å². The van der Waals surface area contributed by atoms with E-state index < -0.39 is 0 Å².